The van der Waals surface area contributed by atoms with Crippen LogP contribution < -0.4 is 10.2 Å². The number of aryl methyl sites for hydroxylation is 1. The van der Waals surface area contributed by atoms with Gasteiger partial charge in [0, 0.05) is 63.3 Å². The van der Waals surface area contributed by atoms with Gasteiger partial charge in [0.05, 0.1) is 5.69 Å². The maximum Gasteiger partial charge on any atom is 0.193 e. The van der Waals surface area contributed by atoms with Gasteiger partial charge in [0.15, 0.2) is 5.96 Å². The summed E-state index contributed by atoms with van der Waals surface area (Å²) >= 11 is 1.71. The topological polar surface area (TPSA) is 56.7 Å². The van der Waals surface area contributed by atoms with Crippen molar-refractivity contribution in [3.8, 4) is 10.6 Å². The molecule has 4 rings (SSSR count). The van der Waals surface area contributed by atoms with Crippen molar-refractivity contribution in [1.82, 2.24) is 20.2 Å². The van der Waals surface area contributed by atoms with E-state index in [1.165, 1.54) is 11.1 Å². The molecule has 0 aliphatic carbocycles. The highest BCUT2D eigenvalue weighted by Crippen LogP contribution is 2.24. The maximum absolute atomic E-state index is 4.80. The van der Waals surface area contributed by atoms with Crippen LogP contribution in [0.1, 0.15) is 11.3 Å². The highest BCUT2D eigenvalue weighted by Gasteiger charge is 2.20. The summed E-state index contributed by atoms with van der Waals surface area (Å²) in [5.41, 5.74) is 3.58. The smallest absolute Gasteiger partial charge is 0.193 e. The number of aromatic nitrogens is 2. The second-order valence-corrected chi connectivity index (χ2v) is 8.25. The zero-order valence-electron chi connectivity index (χ0n) is 18.0. The minimum absolute atomic E-state index is 0. The number of aliphatic imine (C=N–C) groups is 1. The van der Waals surface area contributed by atoms with Crippen LogP contribution in [0.4, 0.5) is 5.82 Å². The number of hydrogen-bond donors (Lipinski definition) is 1. The molecule has 0 amide bonds. The maximum atomic E-state index is 4.80. The average molecular weight is 548 g/mol. The molecule has 1 saturated heterocycles. The van der Waals surface area contributed by atoms with Gasteiger partial charge in [-0.2, -0.15) is 0 Å². The molecule has 0 radical (unpaired) electrons. The molecule has 3 heterocycles. The van der Waals surface area contributed by atoms with Crippen molar-refractivity contribution in [3.63, 3.8) is 0 Å². The van der Waals surface area contributed by atoms with Crippen LogP contribution in [0.25, 0.3) is 10.6 Å². The van der Waals surface area contributed by atoms with Crippen molar-refractivity contribution < 1.29 is 0 Å². The highest BCUT2D eigenvalue weighted by atomic mass is 127. The number of halogens is 1. The lowest BCUT2D eigenvalue weighted by Gasteiger charge is -2.37. The van der Waals surface area contributed by atoms with E-state index in [-0.39, 0.29) is 24.0 Å². The van der Waals surface area contributed by atoms with Gasteiger partial charge in [-0.25, -0.2) is 9.97 Å². The fraction of sp³-hybridized carbons (Fsp3) is 0.348. The van der Waals surface area contributed by atoms with Crippen molar-refractivity contribution >= 4 is 47.1 Å². The van der Waals surface area contributed by atoms with E-state index in [4.69, 9.17) is 4.98 Å². The molecule has 3 aromatic rings. The summed E-state index contributed by atoms with van der Waals surface area (Å²) < 4.78 is 0. The minimum Gasteiger partial charge on any atom is -0.356 e. The molecule has 1 N–H and O–H groups in total. The molecule has 1 aliphatic rings. The van der Waals surface area contributed by atoms with Gasteiger partial charge in [0.1, 0.15) is 10.8 Å². The summed E-state index contributed by atoms with van der Waals surface area (Å²) in [4.78, 5) is 18.4. The molecule has 0 unspecified atom stereocenters. The summed E-state index contributed by atoms with van der Waals surface area (Å²) in [6, 6.07) is 14.6. The number of guanidine groups is 1. The number of piperazine rings is 1. The van der Waals surface area contributed by atoms with Gasteiger partial charge in [0.2, 0.25) is 0 Å². The van der Waals surface area contributed by atoms with Gasteiger partial charge < -0.3 is 15.1 Å². The normalized spacial score (nSPS) is 14.3. The van der Waals surface area contributed by atoms with E-state index < -0.39 is 0 Å². The average Bonchev–Trinajstić information content (AvgIpc) is 3.27. The first-order valence-corrected chi connectivity index (χ1v) is 11.2. The Labute approximate surface area is 205 Å². The molecule has 0 saturated carbocycles. The molecule has 0 spiro atoms. The Balaban J connectivity index is 0.00000272. The van der Waals surface area contributed by atoms with Gasteiger partial charge in [-0.3, -0.25) is 4.99 Å². The third kappa shape index (κ3) is 6.16. The van der Waals surface area contributed by atoms with Gasteiger partial charge in [-0.05, 0) is 19.1 Å². The van der Waals surface area contributed by atoms with Crippen LogP contribution in [0.15, 0.2) is 59.0 Å². The number of thiazole rings is 1. The Kier molecular flexibility index (Phi) is 8.65. The number of hydrogen-bond acceptors (Lipinski definition) is 5. The molecule has 164 valence electrons. The Hall–Kier alpha value is -2.20. The van der Waals surface area contributed by atoms with E-state index in [1.54, 1.807) is 11.3 Å². The van der Waals surface area contributed by atoms with E-state index in [1.807, 2.05) is 25.4 Å². The van der Waals surface area contributed by atoms with Crippen LogP contribution in [-0.4, -0.2) is 60.6 Å². The zero-order chi connectivity index (χ0) is 20.8. The molecule has 0 atom stereocenters. The van der Waals surface area contributed by atoms with Crippen LogP contribution in [0.2, 0.25) is 0 Å². The Bertz CT molecular complexity index is 965. The van der Waals surface area contributed by atoms with Gasteiger partial charge in [0.25, 0.3) is 0 Å². The molecule has 8 heteroatoms. The largest absolute Gasteiger partial charge is 0.356 e. The third-order valence-corrected chi connectivity index (χ3v) is 6.22. The number of anilines is 1. The second kappa shape index (κ2) is 11.4. The van der Waals surface area contributed by atoms with Crippen LogP contribution in [-0.2, 0) is 6.42 Å². The van der Waals surface area contributed by atoms with Gasteiger partial charge in [-0.15, -0.1) is 35.3 Å². The van der Waals surface area contributed by atoms with Crippen molar-refractivity contribution in [1.29, 1.82) is 0 Å². The second-order valence-electron chi connectivity index (χ2n) is 7.40. The number of rotatable bonds is 5. The predicted molar refractivity (Wildman–Crippen MR) is 141 cm³/mol. The fourth-order valence-electron chi connectivity index (χ4n) is 3.57. The Morgan fingerprint density at radius 2 is 1.87 bits per heavy atom. The lowest BCUT2D eigenvalue weighted by atomic mass is 10.2. The van der Waals surface area contributed by atoms with Crippen molar-refractivity contribution in [2.75, 3.05) is 44.7 Å². The van der Waals surface area contributed by atoms with Crippen LogP contribution in [0, 0.1) is 6.92 Å². The quantitative estimate of drug-likeness (QED) is 0.296. The zero-order valence-corrected chi connectivity index (χ0v) is 21.1. The minimum atomic E-state index is 0. The monoisotopic (exact) mass is 548 g/mol. The molecule has 1 fully saturated rings. The number of benzene rings is 1. The molecule has 1 aromatic carbocycles. The number of pyridine rings is 1. The lowest BCUT2D eigenvalue weighted by molar-refractivity contribution is 0.372. The number of nitrogens with one attached hydrogen (secondary N) is 1. The SMILES string of the molecule is CN=C(NCCc1csc(-c2ccc(C)cc2)n1)N1CCN(c2ccccn2)CC1.I. The molecule has 0 bridgehead atoms. The molecular formula is C23H29IN6S. The van der Waals surface area contributed by atoms with Crippen LogP contribution in [0.3, 0.4) is 0 Å². The van der Waals surface area contributed by atoms with Gasteiger partial charge in [-0.1, -0.05) is 35.9 Å². The first kappa shape index (κ1) is 23.5. The molecule has 2 aromatic heterocycles. The van der Waals surface area contributed by atoms with Crippen LogP contribution >= 0.6 is 35.3 Å². The van der Waals surface area contributed by atoms with E-state index in [2.05, 4.69) is 67.7 Å². The molecular weight excluding hydrogens is 519 g/mol. The van der Waals surface area contributed by atoms with Crippen molar-refractivity contribution in [2.24, 2.45) is 4.99 Å². The van der Waals surface area contributed by atoms with Crippen LogP contribution in [0.5, 0.6) is 0 Å². The third-order valence-electron chi connectivity index (χ3n) is 5.28. The molecule has 1 aliphatic heterocycles. The lowest BCUT2D eigenvalue weighted by Crippen LogP contribution is -2.53. The van der Waals surface area contributed by atoms with E-state index >= 15 is 0 Å². The first-order chi connectivity index (χ1) is 14.7. The fourth-order valence-corrected chi connectivity index (χ4v) is 4.43. The molecule has 6 nitrogen and oxygen atoms in total. The van der Waals surface area contributed by atoms with Gasteiger partial charge >= 0.3 is 0 Å². The van der Waals surface area contributed by atoms with E-state index in [0.29, 0.717) is 0 Å². The van der Waals surface area contributed by atoms with E-state index in [0.717, 1.165) is 61.6 Å². The summed E-state index contributed by atoms with van der Waals surface area (Å²) in [7, 11) is 1.85. The number of nitrogens with zero attached hydrogens (tertiary/aromatic N) is 5. The Morgan fingerprint density at radius 3 is 2.55 bits per heavy atom. The predicted octanol–water partition coefficient (Wildman–Crippen LogP) is 4.07. The van der Waals surface area contributed by atoms with E-state index in [9.17, 15) is 0 Å². The first-order valence-electron chi connectivity index (χ1n) is 10.4. The summed E-state index contributed by atoms with van der Waals surface area (Å²) in [5.74, 6) is 2.01. The molecule has 31 heavy (non-hydrogen) atoms. The standard InChI is InChI=1S/C23H28N6S.HI/c1-18-6-8-19(9-7-18)22-27-20(17-30-22)10-12-26-23(24-2)29-15-13-28(14-16-29)21-5-3-4-11-25-21;/h3-9,11,17H,10,12-16H2,1-2H3,(H,24,26);1H. The summed E-state index contributed by atoms with van der Waals surface area (Å²) in [5, 5.41) is 6.75. The summed E-state index contributed by atoms with van der Waals surface area (Å²) in [6.45, 7) is 6.70. The van der Waals surface area contributed by atoms with Crippen molar-refractivity contribution in [3.05, 3.63) is 65.3 Å². The highest BCUT2D eigenvalue weighted by molar-refractivity contribution is 14.0. The summed E-state index contributed by atoms with van der Waals surface area (Å²) in [6.07, 6.45) is 2.74. The Morgan fingerprint density at radius 1 is 1.10 bits per heavy atom. The van der Waals surface area contributed by atoms with Crippen molar-refractivity contribution in [2.45, 2.75) is 13.3 Å².